The lowest BCUT2D eigenvalue weighted by Crippen LogP contribution is -2.42. The summed E-state index contributed by atoms with van der Waals surface area (Å²) in [5.74, 6) is -2.98. The molecule has 146 valence electrons. The van der Waals surface area contributed by atoms with E-state index in [0.29, 0.717) is 10.0 Å². The van der Waals surface area contributed by atoms with E-state index in [4.69, 9.17) is 15.2 Å². The molecule has 0 radical (unpaired) electrons. The number of benzene rings is 1. The molecule has 5 N–H and O–H groups in total. The standard InChI is InChI=1S/C16H13Br2N5O5/c17-9-3-1-8(2-4-9)11-12(19)22-14(24)23-13(11)27-7-16(25,26)28-15-20-5-10(18)6-21-15/h1-6,25-26H,7H2,(H3,19,22,23,24). The molecule has 0 aliphatic carbocycles. The second kappa shape index (κ2) is 8.22. The molecule has 0 fully saturated rings. The Morgan fingerprint density at radius 3 is 2.39 bits per heavy atom. The lowest BCUT2D eigenvalue weighted by atomic mass is 10.1. The number of H-pyrrole nitrogens is 1. The number of anilines is 1. The minimum atomic E-state index is -2.79. The van der Waals surface area contributed by atoms with E-state index in [9.17, 15) is 15.0 Å². The van der Waals surface area contributed by atoms with E-state index in [1.807, 2.05) is 0 Å². The van der Waals surface area contributed by atoms with E-state index in [0.717, 1.165) is 4.47 Å². The van der Waals surface area contributed by atoms with Gasteiger partial charge in [-0.1, -0.05) is 28.1 Å². The van der Waals surface area contributed by atoms with Crippen molar-refractivity contribution in [2.75, 3.05) is 12.3 Å². The maximum atomic E-state index is 11.7. The highest BCUT2D eigenvalue weighted by Gasteiger charge is 2.30. The average Bonchev–Trinajstić information content (AvgIpc) is 2.63. The van der Waals surface area contributed by atoms with Crippen LogP contribution < -0.4 is 20.9 Å². The van der Waals surface area contributed by atoms with Crippen LogP contribution in [0.1, 0.15) is 0 Å². The molecule has 0 aliphatic heterocycles. The van der Waals surface area contributed by atoms with Gasteiger partial charge in [-0.2, -0.15) is 4.98 Å². The van der Waals surface area contributed by atoms with E-state index < -0.39 is 18.3 Å². The molecule has 12 heteroatoms. The topological polar surface area (TPSA) is 156 Å². The zero-order valence-corrected chi connectivity index (χ0v) is 17.1. The van der Waals surface area contributed by atoms with E-state index in [1.165, 1.54) is 12.4 Å². The number of halogens is 2. The van der Waals surface area contributed by atoms with Crippen LogP contribution in [0.3, 0.4) is 0 Å². The zero-order chi connectivity index (χ0) is 20.3. The van der Waals surface area contributed by atoms with Crippen LogP contribution in [0.2, 0.25) is 0 Å². The molecule has 0 unspecified atom stereocenters. The molecule has 2 heterocycles. The number of aliphatic hydroxyl groups is 2. The molecule has 0 atom stereocenters. The van der Waals surface area contributed by atoms with Gasteiger partial charge in [-0.3, -0.25) is 4.98 Å². The Hall–Kier alpha value is -2.54. The predicted molar refractivity (Wildman–Crippen MR) is 105 cm³/mol. The number of hydrogen-bond donors (Lipinski definition) is 4. The van der Waals surface area contributed by atoms with Crippen LogP contribution in [-0.4, -0.2) is 42.7 Å². The van der Waals surface area contributed by atoms with Gasteiger partial charge >= 0.3 is 17.7 Å². The number of rotatable bonds is 6. The molecular formula is C16H13Br2N5O5. The Labute approximate surface area is 174 Å². The maximum Gasteiger partial charge on any atom is 0.360 e. The zero-order valence-electron chi connectivity index (χ0n) is 14.0. The number of aromatic amines is 1. The normalized spacial score (nSPS) is 11.3. The highest BCUT2D eigenvalue weighted by atomic mass is 79.9. The number of ether oxygens (including phenoxy) is 2. The van der Waals surface area contributed by atoms with Gasteiger partial charge in [0.2, 0.25) is 5.88 Å². The van der Waals surface area contributed by atoms with Crippen LogP contribution in [0.25, 0.3) is 11.1 Å². The van der Waals surface area contributed by atoms with Gasteiger partial charge in [0.15, 0.2) is 6.61 Å². The largest absolute Gasteiger partial charge is 0.467 e. The van der Waals surface area contributed by atoms with Gasteiger partial charge in [-0.25, -0.2) is 14.8 Å². The molecule has 1 aromatic carbocycles. The van der Waals surface area contributed by atoms with Crippen LogP contribution >= 0.6 is 31.9 Å². The smallest absolute Gasteiger partial charge is 0.360 e. The van der Waals surface area contributed by atoms with Gasteiger partial charge in [0.25, 0.3) is 0 Å². The first-order valence-electron chi connectivity index (χ1n) is 7.63. The average molecular weight is 515 g/mol. The summed E-state index contributed by atoms with van der Waals surface area (Å²) < 4.78 is 11.6. The van der Waals surface area contributed by atoms with Crippen molar-refractivity contribution in [3.05, 3.63) is 56.1 Å². The van der Waals surface area contributed by atoms with Crippen molar-refractivity contribution in [3.8, 4) is 23.0 Å². The SMILES string of the molecule is Nc1[nH]c(=O)nc(OCC(O)(O)Oc2ncc(Br)cn2)c1-c1ccc(Br)cc1. The van der Waals surface area contributed by atoms with Crippen molar-refractivity contribution >= 4 is 37.7 Å². The van der Waals surface area contributed by atoms with Crippen LogP contribution in [0.15, 0.2) is 50.4 Å². The number of hydrogen-bond acceptors (Lipinski definition) is 9. The Bertz CT molecular complexity index is 1030. The molecule has 0 spiro atoms. The summed E-state index contributed by atoms with van der Waals surface area (Å²) in [6.07, 6.45) is 2.73. The van der Waals surface area contributed by atoms with Gasteiger partial charge in [0, 0.05) is 16.9 Å². The fourth-order valence-corrected chi connectivity index (χ4v) is 2.63. The van der Waals surface area contributed by atoms with Gasteiger partial charge in [0.1, 0.15) is 5.82 Å². The highest BCUT2D eigenvalue weighted by molar-refractivity contribution is 9.10. The van der Waals surface area contributed by atoms with Crippen molar-refractivity contribution in [2.45, 2.75) is 5.97 Å². The van der Waals surface area contributed by atoms with Crippen LogP contribution in [0, 0.1) is 0 Å². The number of aromatic nitrogens is 4. The van der Waals surface area contributed by atoms with Gasteiger partial charge in [-0.05, 0) is 33.6 Å². The maximum absolute atomic E-state index is 11.7. The molecule has 2 aromatic heterocycles. The molecule has 28 heavy (non-hydrogen) atoms. The lowest BCUT2D eigenvalue weighted by molar-refractivity contribution is -0.306. The Morgan fingerprint density at radius 2 is 1.75 bits per heavy atom. The van der Waals surface area contributed by atoms with E-state index in [2.05, 4.69) is 51.8 Å². The molecule has 0 amide bonds. The fraction of sp³-hybridized carbons (Fsp3) is 0.125. The third-order valence-electron chi connectivity index (χ3n) is 3.31. The monoisotopic (exact) mass is 513 g/mol. The minimum absolute atomic E-state index is 0.0102. The summed E-state index contributed by atoms with van der Waals surface area (Å²) in [6.45, 7) is -0.800. The Morgan fingerprint density at radius 1 is 1.11 bits per heavy atom. The summed E-state index contributed by atoms with van der Waals surface area (Å²) in [7, 11) is 0. The summed E-state index contributed by atoms with van der Waals surface area (Å²) in [5.41, 5.74) is 6.02. The quantitative estimate of drug-likeness (QED) is 0.357. The lowest BCUT2D eigenvalue weighted by Gasteiger charge is -2.22. The van der Waals surface area contributed by atoms with Crippen LogP contribution in [0.4, 0.5) is 5.82 Å². The number of nitrogens with one attached hydrogen (secondary N) is 1. The summed E-state index contributed by atoms with van der Waals surface area (Å²) in [6, 6.07) is 6.68. The molecule has 3 rings (SSSR count). The van der Waals surface area contributed by atoms with Crippen molar-refractivity contribution < 1.29 is 19.7 Å². The van der Waals surface area contributed by atoms with Gasteiger partial charge in [0.05, 0.1) is 10.0 Å². The molecule has 0 saturated heterocycles. The van der Waals surface area contributed by atoms with Gasteiger partial charge < -0.3 is 25.4 Å². The minimum Gasteiger partial charge on any atom is -0.467 e. The van der Waals surface area contributed by atoms with E-state index in [1.54, 1.807) is 24.3 Å². The van der Waals surface area contributed by atoms with Crippen molar-refractivity contribution in [1.82, 2.24) is 19.9 Å². The molecular weight excluding hydrogens is 502 g/mol. The Kier molecular flexibility index (Phi) is 5.93. The predicted octanol–water partition coefficient (Wildman–Crippen LogP) is 1.43. The van der Waals surface area contributed by atoms with Crippen LogP contribution in [-0.2, 0) is 0 Å². The highest BCUT2D eigenvalue weighted by Crippen LogP contribution is 2.32. The second-order valence-electron chi connectivity index (χ2n) is 5.46. The molecule has 0 aliphatic rings. The first-order chi connectivity index (χ1) is 13.2. The molecule has 10 nitrogen and oxygen atoms in total. The van der Waals surface area contributed by atoms with Crippen molar-refractivity contribution in [1.29, 1.82) is 0 Å². The first-order valence-corrected chi connectivity index (χ1v) is 9.22. The molecule has 3 aromatic rings. The third-order valence-corrected chi connectivity index (χ3v) is 4.25. The van der Waals surface area contributed by atoms with Crippen molar-refractivity contribution in [3.63, 3.8) is 0 Å². The van der Waals surface area contributed by atoms with E-state index >= 15 is 0 Å². The summed E-state index contributed by atoms with van der Waals surface area (Å²) >= 11 is 6.47. The number of nitrogens with zero attached hydrogens (tertiary/aromatic N) is 3. The third kappa shape index (κ3) is 5.04. The van der Waals surface area contributed by atoms with E-state index in [-0.39, 0.29) is 23.3 Å². The number of nitrogen functional groups attached to an aromatic ring is 1. The number of nitrogens with two attached hydrogens (primary N) is 1. The van der Waals surface area contributed by atoms with Crippen LogP contribution in [0.5, 0.6) is 11.9 Å². The molecule has 0 bridgehead atoms. The second-order valence-corrected chi connectivity index (χ2v) is 7.29. The summed E-state index contributed by atoms with van der Waals surface area (Å²) in [4.78, 5) is 25.3. The van der Waals surface area contributed by atoms with Crippen molar-refractivity contribution in [2.24, 2.45) is 0 Å². The Balaban J connectivity index is 1.84. The van der Waals surface area contributed by atoms with Gasteiger partial charge in [-0.15, -0.1) is 0 Å². The first kappa shape index (κ1) is 20.2. The summed E-state index contributed by atoms with van der Waals surface area (Å²) in [5, 5.41) is 20.0. The fourth-order valence-electron chi connectivity index (χ4n) is 2.16. The molecule has 0 saturated carbocycles.